The second kappa shape index (κ2) is 7.34. The molecule has 0 aromatic heterocycles. The van der Waals surface area contributed by atoms with Crippen molar-refractivity contribution in [1.29, 1.82) is 0 Å². The molecule has 0 aliphatic heterocycles. The number of hydrogen-bond donors (Lipinski definition) is 2. The van der Waals surface area contributed by atoms with Crippen LogP contribution in [0.4, 0.5) is 11.4 Å². The van der Waals surface area contributed by atoms with Crippen molar-refractivity contribution in [2.75, 3.05) is 17.2 Å². The predicted octanol–water partition coefficient (Wildman–Crippen LogP) is 4.61. The highest BCUT2D eigenvalue weighted by Crippen LogP contribution is 2.24. The SMILES string of the molecule is CCc1ccc(NCC(=O)Nc2ccc(Cl)c(Cl)c2)cc1. The Morgan fingerprint density at radius 1 is 1.00 bits per heavy atom. The highest BCUT2D eigenvalue weighted by atomic mass is 35.5. The van der Waals surface area contributed by atoms with Gasteiger partial charge in [0, 0.05) is 11.4 Å². The van der Waals surface area contributed by atoms with Gasteiger partial charge in [-0.15, -0.1) is 0 Å². The van der Waals surface area contributed by atoms with Crippen LogP contribution >= 0.6 is 23.2 Å². The molecule has 0 bridgehead atoms. The molecule has 110 valence electrons. The Morgan fingerprint density at radius 3 is 2.29 bits per heavy atom. The molecule has 0 fully saturated rings. The fraction of sp³-hybridized carbons (Fsp3) is 0.188. The third-order valence-electron chi connectivity index (χ3n) is 3.02. The first-order valence-electron chi connectivity index (χ1n) is 6.66. The highest BCUT2D eigenvalue weighted by Gasteiger charge is 2.04. The first kappa shape index (κ1) is 15.7. The maximum atomic E-state index is 11.9. The van der Waals surface area contributed by atoms with E-state index in [0.717, 1.165) is 12.1 Å². The van der Waals surface area contributed by atoms with Gasteiger partial charge in [-0.05, 0) is 42.3 Å². The van der Waals surface area contributed by atoms with Gasteiger partial charge in [0.15, 0.2) is 0 Å². The number of nitrogens with one attached hydrogen (secondary N) is 2. The summed E-state index contributed by atoms with van der Waals surface area (Å²) in [5.74, 6) is -0.145. The van der Waals surface area contributed by atoms with Crippen LogP contribution in [0, 0.1) is 0 Å². The molecule has 0 heterocycles. The first-order chi connectivity index (χ1) is 10.1. The van der Waals surface area contributed by atoms with Crippen LogP contribution in [0.15, 0.2) is 42.5 Å². The third kappa shape index (κ3) is 4.66. The highest BCUT2D eigenvalue weighted by molar-refractivity contribution is 6.42. The van der Waals surface area contributed by atoms with Gasteiger partial charge in [0.2, 0.25) is 5.91 Å². The standard InChI is InChI=1S/C16H16Cl2N2O/c1-2-11-3-5-12(6-4-11)19-10-16(21)20-13-7-8-14(17)15(18)9-13/h3-9,19H,2,10H2,1H3,(H,20,21). The Morgan fingerprint density at radius 2 is 1.67 bits per heavy atom. The minimum Gasteiger partial charge on any atom is -0.376 e. The largest absolute Gasteiger partial charge is 0.376 e. The van der Waals surface area contributed by atoms with Gasteiger partial charge in [-0.25, -0.2) is 0 Å². The second-order valence-corrected chi connectivity index (χ2v) is 5.40. The van der Waals surface area contributed by atoms with Crippen LogP contribution in [-0.4, -0.2) is 12.5 Å². The number of halogens is 2. The molecule has 0 radical (unpaired) electrons. The zero-order valence-electron chi connectivity index (χ0n) is 11.6. The maximum absolute atomic E-state index is 11.9. The number of rotatable bonds is 5. The van der Waals surface area contributed by atoms with Gasteiger partial charge < -0.3 is 10.6 Å². The lowest BCUT2D eigenvalue weighted by molar-refractivity contribution is -0.114. The van der Waals surface area contributed by atoms with Crippen LogP contribution in [0.2, 0.25) is 10.0 Å². The molecule has 0 aliphatic rings. The molecule has 2 aromatic rings. The molecule has 5 heteroatoms. The Balaban J connectivity index is 1.87. The van der Waals surface area contributed by atoms with E-state index in [0.29, 0.717) is 15.7 Å². The molecule has 2 rings (SSSR count). The zero-order valence-corrected chi connectivity index (χ0v) is 13.1. The summed E-state index contributed by atoms with van der Waals surface area (Å²) < 4.78 is 0. The Hall–Kier alpha value is -1.71. The van der Waals surface area contributed by atoms with Gasteiger partial charge in [0.1, 0.15) is 0 Å². The van der Waals surface area contributed by atoms with E-state index in [-0.39, 0.29) is 12.5 Å². The molecule has 2 aromatic carbocycles. The van der Waals surface area contributed by atoms with Crippen molar-refractivity contribution in [3.05, 3.63) is 58.1 Å². The third-order valence-corrected chi connectivity index (χ3v) is 3.76. The molecule has 0 atom stereocenters. The summed E-state index contributed by atoms with van der Waals surface area (Å²) in [5.41, 5.74) is 2.80. The van der Waals surface area contributed by atoms with Crippen molar-refractivity contribution in [3.63, 3.8) is 0 Å². The van der Waals surface area contributed by atoms with E-state index >= 15 is 0 Å². The molecule has 3 nitrogen and oxygen atoms in total. The summed E-state index contributed by atoms with van der Waals surface area (Å²) in [7, 11) is 0. The van der Waals surface area contributed by atoms with Crippen LogP contribution < -0.4 is 10.6 Å². The molecular weight excluding hydrogens is 307 g/mol. The monoisotopic (exact) mass is 322 g/mol. The van der Waals surface area contributed by atoms with Gasteiger partial charge in [0.05, 0.1) is 16.6 Å². The summed E-state index contributed by atoms with van der Waals surface area (Å²) in [6.45, 7) is 2.29. The molecular formula is C16H16Cl2N2O. The fourth-order valence-electron chi connectivity index (χ4n) is 1.82. The molecule has 0 unspecified atom stereocenters. The average molecular weight is 323 g/mol. The van der Waals surface area contributed by atoms with Crippen LogP contribution in [0.1, 0.15) is 12.5 Å². The van der Waals surface area contributed by atoms with Gasteiger partial charge >= 0.3 is 0 Å². The van der Waals surface area contributed by atoms with Crippen molar-refractivity contribution >= 4 is 40.5 Å². The van der Waals surface area contributed by atoms with E-state index in [1.54, 1.807) is 18.2 Å². The number of anilines is 2. The smallest absolute Gasteiger partial charge is 0.243 e. The summed E-state index contributed by atoms with van der Waals surface area (Å²) in [6.07, 6.45) is 0.998. The molecule has 21 heavy (non-hydrogen) atoms. The van der Waals surface area contributed by atoms with E-state index in [1.807, 2.05) is 24.3 Å². The fourth-order valence-corrected chi connectivity index (χ4v) is 2.12. The lowest BCUT2D eigenvalue weighted by atomic mass is 10.1. The number of hydrogen-bond acceptors (Lipinski definition) is 2. The summed E-state index contributed by atoms with van der Waals surface area (Å²) >= 11 is 11.7. The van der Waals surface area contributed by atoms with Crippen molar-refractivity contribution in [3.8, 4) is 0 Å². The second-order valence-electron chi connectivity index (χ2n) is 4.58. The Bertz CT molecular complexity index is 627. The molecule has 1 amide bonds. The summed E-state index contributed by atoms with van der Waals surface area (Å²) in [5, 5.41) is 6.71. The topological polar surface area (TPSA) is 41.1 Å². The van der Waals surface area contributed by atoms with Crippen molar-refractivity contribution in [2.45, 2.75) is 13.3 Å². The van der Waals surface area contributed by atoms with Crippen LogP contribution in [0.3, 0.4) is 0 Å². The molecule has 0 saturated carbocycles. The molecule has 0 aliphatic carbocycles. The quantitative estimate of drug-likeness (QED) is 0.844. The van der Waals surface area contributed by atoms with E-state index in [9.17, 15) is 4.79 Å². The number of carbonyl (C=O) groups excluding carboxylic acids is 1. The molecule has 0 saturated heterocycles. The Kier molecular flexibility index (Phi) is 5.48. The lowest BCUT2D eigenvalue weighted by Crippen LogP contribution is -2.21. The molecule has 2 N–H and O–H groups in total. The number of carbonyl (C=O) groups is 1. The minimum atomic E-state index is -0.145. The van der Waals surface area contributed by atoms with E-state index in [4.69, 9.17) is 23.2 Å². The van der Waals surface area contributed by atoms with Crippen LogP contribution in [0.5, 0.6) is 0 Å². The van der Waals surface area contributed by atoms with Crippen LogP contribution in [0.25, 0.3) is 0 Å². The number of amides is 1. The van der Waals surface area contributed by atoms with Gasteiger partial charge in [-0.1, -0.05) is 42.3 Å². The zero-order chi connectivity index (χ0) is 15.2. The first-order valence-corrected chi connectivity index (χ1v) is 7.42. The normalized spacial score (nSPS) is 10.2. The van der Waals surface area contributed by atoms with E-state index in [1.165, 1.54) is 5.56 Å². The lowest BCUT2D eigenvalue weighted by Gasteiger charge is -2.09. The van der Waals surface area contributed by atoms with Crippen molar-refractivity contribution in [2.24, 2.45) is 0 Å². The van der Waals surface area contributed by atoms with E-state index in [2.05, 4.69) is 17.6 Å². The maximum Gasteiger partial charge on any atom is 0.243 e. The van der Waals surface area contributed by atoms with E-state index < -0.39 is 0 Å². The summed E-state index contributed by atoms with van der Waals surface area (Å²) in [6, 6.07) is 13.0. The predicted molar refractivity (Wildman–Crippen MR) is 89.4 cm³/mol. The summed E-state index contributed by atoms with van der Waals surface area (Å²) in [4.78, 5) is 11.9. The number of aryl methyl sites for hydroxylation is 1. The minimum absolute atomic E-state index is 0.145. The molecule has 0 spiro atoms. The number of benzene rings is 2. The van der Waals surface area contributed by atoms with Crippen molar-refractivity contribution in [1.82, 2.24) is 0 Å². The van der Waals surface area contributed by atoms with Gasteiger partial charge in [-0.2, -0.15) is 0 Å². The van der Waals surface area contributed by atoms with Gasteiger partial charge in [-0.3, -0.25) is 4.79 Å². The Labute approximate surface area is 134 Å². The van der Waals surface area contributed by atoms with Crippen molar-refractivity contribution < 1.29 is 4.79 Å². The van der Waals surface area contributed by atoms with Crippen LogP contribution in [-0.2, 0) is 11.2 Å². The average Bonchev–Trinajstić information content (AvgIpc) is 2.49. The van der Waals surface area contributed by atoms with Gasteiger partial charge in [0.25, 0.3) is 0 Å².